The highest BCUT2D eigenvalue weighted by atomic mass is 16.3. The smallest absolute Gasteiger partial charge is 0.219 e. The summed E-state index contributed by atoms with van der Waals surface area (Å²) in [6, 6.07) is 9.86. The molecular formula is C12H17NO2. The van der Waals surface area contributed by atoms with Crippen LogP contribution in [0.15, 0.2) is 30.3 Å². The maximum Gasteiger partial charge on any atom is 0.219 e. The number of carbonyl (C=O) groups excluding carboxylic acids is 1. The summed E-state index contributed by atoms with van der Waals surface area (Å²) in [5.41, 5.74) is 1.12. The molecule has 0 aliphatic heterocycles. The Hall–Kier alpha value is -1.35. The van der Waals surface area contributed by atoms with Crippen molar-refractivity contribution in [2.45, 2.75) is 19.9 Å². The molecule has 3 heteroatoms. The summed E-state index contributed by atoms with van der Waals surface area (Å²) >= 11 is 0. The maximum atomic E-state index is 11.3. The summed E-state index contributed by atoms with van der Waals surface area (Å²) in [6.07, 6.45) is 0.631. The van der Waals surface area contributed by atoms with Crippen LogP contribution in [-0.4, -0.2) is 29.1 Å². The van der Waals surface area contributed by atoms with E-state index < -0.39 is 0 Å². The van der Waals surface area contributed by atoms with Crippen LogP contribution in [0.25, 0.3) is 0 Å². The topological polar surface area (TPSA) is 40.5 Å². The number of aliphatic hydroxyl groups is 1. The lowest BCUT2D eigenvalue weighted by Crippen LogP contribution is -2.29. The second kappa shape index (κ2) is 6.19. The van der Waals surface area contributed by atoms with Crippen LogP contribution in [0.4, 0.5) is 0 Å². The fourth-order valence-corrected chi connectivity index (χ4v) is 1.41. The summed E-state index contributed by atoms with van der Waals surface area (Å²) in [5.74, 6) is 0.0484. The summed E-state index contributed by atoms with van der Waals surface area (Å²) in [7, 11) is 0. The highest BCUT2D eigenvalue weighted by Gasteiger charge is 2.07. The average molecular weight is 207 g/mol. The predicted molar refractivity (Wildman–Crippen MR) is 59.2 cm³/mol. The van der Waals surface area contributed by atoms with Crippen molar-refractivity contribution < 1.29 is 9.90 Å². The number of carbonyl (C=O) groups is 1. The minimum atomic E-state index is 0.0484. The van der Waals surface area contributed by atoms with Gasteiger partial charge in [0.15, 0.2) is 0 Å². The molecule has 0 aliphatic rings. The molecule has 0 unspecified atom stereocenters. The van der Waals surface area contributed by atoms with Gasteiger partial charge in [-0.2, -0.15) is 0 Å². The van der Waals surface area contributed by atoms with Gasteiger partial charge >= 0.3 is 0 Å². The first kappa shape index (κ1) is 11.7. The molecule has 1 aromatic rings. The lowest BCUT2D eigenvalue weighted by atomic mass is 10.2. The van der Waals surface area contributed by atoms with E-state index in [1.807, 2.05) is 30.3 Å². The summed E-state index contributed by atoms with van der Waals surface area (Å²) in [6.45, 7) is 2.91. The minimum Gasteiger partial charge on any atom is -0.396 e. The van der Waals surface area contributed by atoms with Crippen molar-refractivity contribution in [2.24, 2.45) is 0 Å². The van der Waals surface area contributed by atoms with E-state index in [0.717, 1.165) is 5.56 Å². The van der Waals surface area contributed by atoms with Gasteiger partial charge in [0, 0.05) is 26.6 Å². The van der Waals surface area contributed by atoms with Gasteiger partial charge in [-0.05, 0) is 12.0 Å². The second-order valence-corrected chi connectivity index (χ2v) is 3.50. The molecule has 82 valence electrons. The first-order valence-corrected chi connectivity index (χ1v) is 5.14. The molecule has 15 heavy (non-hydrogen) atoms. The molecule has 1 aromatic carbocycles. The first-order chi connectivity index (χ1) is 7.24. The molecule has 0 bridgehead atoms. The number of nitrogens with zero attached hydrogens (tertiary/aromatic N) is 1. The Morgan fingerprint density at radius 1 is 1.33 bits per heavy atom. The van der Waals surface area contributed by atoms with E-state index in [2.05, 4.69) is 0 Å². The van der Waals surface area contributed by atoms with Gasteiger partial charge in [-0.25, -0.2) is 0 Å². The third kappa shape index (κ3) is 4.13. The van der Waals surface area contributed by atoms with Crippen molar-refractivity contribution in [3.63, 3.8) is 0 Å². The van der Waals surface area contributed by atoms with Crippen molar-refractivity contribution in [2.75, 3.05) is 13.2 Å². The molecular weight excluding hydrogens is 190 g/mol. The summed E-state index contributed by atoms with van der Waals surface area (Å²) < 4.78 is 0. The zero-order chi connectivity index (χ0) is 11.1. The molecule has 1 amide bonds. The molecule has 0 spiro atoms. The highest BCUT2D eigenvalue weighted by molar-refractivity contribution is 5.73. The monoisotopic (exact) mass is 207 g/mol. The molecule has 0 fully saturated rings. The summed E-state index contributed by atoms with van der Waals surface area (Å²) in [5, 5.41) is 8.73. The van der Waals surface area contributed by atoms with Gasteiger partial charge in [0.25, 0.3) is 0 Å². The molecule has 0 atom stereocenters. The molecule has 0 radical (unpaired) electrons. The van der Waals surface area contributed by atoms with E-state index in [4.69, 9.17) is 5.11 Å². The third-order valence-corrected chi connectivity index (χ3v) is 2.25. The largest absolute Gasteiger partial charge is 0.396 e. The number of hydrogen-bond acceptors (Lipinski definition) is 2. The SMILES string of the molecule is CC(=O)N(CCCO)Cc1ccccc1. The zero-order valence-electron chi connectivity index (χ0n) is 9.02. The van der Waals surface area contributed by atoms with Crippen LogP contribution in [0, 0.1) is 0 Å². The standard InChI is InChI=1S/C12H17NO2/c1-11(15)13(8-5-9-14)10-12-6-3-2-4-7-12/h2-4,6-7,14H,5,8-10H2,1H3. The average Bonchev–Trinajstić information content (AvgIpc) is 2.25. The predicted octanol–water partition coefficient (Wildman–Crippen LogP) is 1.42. The van der Waals surface area contributed by atoms with Gasteiger partial charge in [-0.3, -0.25) is 4.79 Å². The van der Waals surface area contributed by atoms with Crippen LogP contribution in [0.5, 0.6) is 0 Å². The number of rotatable bonds is 5. The lowest BCUT2D eigenvalue weighted by molar-refractivity contribution is -0.129. The van der Waals surface area contributed by atoms with Crippen molar-refractivity contribution in [1.82, 2.24) is 4.90 Å². The summed E-state index contributed by atoms with van der Waals surface area (Å²) in [4.78, 5) is 13.0. The van der Waals surface area contributed by atoms with Crippen molar-refractivity contribution in [3.05, 3.63) is 35.9 Å². The maximum absolute atomic E-state index is 11.3. The Morgan fingerprint density at radius 3 is 2.53 bits per heavy atom. The van der Waals surface area contributed by atoms with Crippen LogP contribution < -0.4 is 0 Å². The van der Waals surface area contributed by atoms with Crippen molar-refractivity contribution in [3.8, 4) is 0 Å². The van der Waals surface area contributed by atoms with Gasteiger partial charge in [0.1, 0.15) is 0 Å². The van der Waals surface area contributed by atoms with Crippen LogP contribution in [-0.2, 0) is 11.3 Å². The van der Waals surface area contributed by atoms with Crippen LogP contribution in [0.3, 0.4) is 0 Å². The first-order valence-electron chi connectivity index (χ1n) is 5.14. The quantitative estimate of drug-likeness (QED) is 0.793. The number of hydrogen-bond donors (Lipinski definition) is 1. The van der Waals surface area contributed by atoms with Gasteiger partial charge in [-0.1, -0.05) is 30.3 Å². The van der Waals surface area contributed by atoms with Crippen LogP contribution in [0.1, 0.15) is 18.9 Å². The van der Waals surface area contributed by atoms with Crippen LogP contribution in [0.2, 0.25) is 0 Å². The van der Waals surface area contributed by atoms with Gasteiger partial charge in [0.05, 0.1) is 0 Å². The van der Waals surface area contributed by atoms with E-state index in [9.17, 15) is 4.79 Å². The Morgan fingerprint density at radius 2 is 2.00 bits per heavy atom. The number of benzene rings is 1. The number of aliphatic hydroxyl groups excluding tert-OH is 1. The third-order valence-electron chi connectivity index (χ3n) is 2.25. The lowest BCUT2D eigenvalue weighted by Gasteiger charge is -2.20. The Labute approximate surface area is 90.3 Å². The Bertz CT molecular complexity index is 298. The fourth-order valence-electron chi connectivity index (χ4n) is 1.41. The normalized spacial score (nSPS) is 10.0. The van der Waals surface area contributed by atoms with Gasteiger partial charge < -0.3 is 10.0 Å². The molecule has 0 aliphatic carbocycles. The molecule has 0 aromatic heterocycles. The van der Waals surface area contributed by atoms with E-state index in [-0.39, 0.29) is 12.5 Å². The molecule has 3 nitrogen and oxygen atoms in total. The van der Waals surface area contributed by atoms with Gasteiger partial charge in [0.2, 0.25) is 5.91 Å². The zero-order valence-corrected chi connectivity index (χ0v) is 9.02. The van der Waals surface area contributed by atoms with Crippen molar-refractivity contribution in [1.29, 1.82) is 0 Å². The fraction of sp³-hybridized carbons (Fsp3) is 0.417. The van der Waals surface area contributed by atoms with E-state index in [0.29, 0.717) is 19.5 Å². The molecule has 0 heterocycles. The molecule has 0 saturated carbocycles. The Kier molecular flexibility index (Phi) is 4.84. The second-order valence-electron chi connectivity index (χ2n) is 3.50. The van der Waals surface area contributed by atoms with E-state index >= 15 is 0 Å². The van der Waals surface area contributed by atoms with E-state index in [1.165, 1.54) is 0 Å². The molecule has 0 saturated heterocycles. The van der Waals surface area contributed by atoms with Gasteiger partial charge in [-0.15, -0.1) is 0 Å². The van der Waals surface area contributed by atoms with Crippen molar-refractivity contribution >= 4 is 5.91 Å². The van der Waals surface area contributed by atoms with E-state index in [1.54, 1.807) is 11.8 Å². The molecule has 1 N–H and O–H groups in total. The number of amides is 1. The Balaban J connectivity index is 2.55. The minimum absolute atomic E-state index is 0.0484. The highest BCUT2D eigenvalue weighted by Crippen LogP contribution is 2.05. The molecule has 1 rings (SSSR count). The van der Waals surface area contributed by atoms with Crippen LogP contribution >= 0.6 is 0 Å².